The summed E-state index contributed by atoms with van der Waals surface area (Å²) in [6.07, 6.45) is 5.12. The van der Waals surface area contributed by atoms with Crippen LogP contribution in [0.15, 0.2) is 36.4 Å². The van der Waals surface area contributed by atoms with Gasteiger partial charge in [-0.3, -0.25) is 4.79 Å². The monoisotopic (exact) mass is 226 g/mol. The Morgan fingerprint density at radius 1 is 1.12 bits per heavy atom. The van der Waals surface area contributed by atoms with Crippen LogP contribution in [0.3, 0.4) is 0 Å². The smallest absolute Gasteiger partial charge is 0.298 e. The van der Waals surface area contributed by atoms with Gasteiger partial charge in [0, 0.05) is 0 Å². The molecule has 3 heteroatoms. The normalized spacial score (nSPS) is 9.59. The van der Waals surface area contributed by atoms with Crippen molar-refractivity contribution in [1.29, 1.82) is 0 Å². The lowest BCUT2D eigenvalue weighted by molar-refractivity contribution is -0.120. The molecular weight excluding hydrogens is 216 g/mol. The fourth-order valence-electron chi connectivity index (χ4n) is 1.55. The molecule has 0 amide bonds. The van der Waals surface area contributed by atoms with Gasteiger partial charge in [-0.1, -0.05) is 18.1 Å². The van der Waals surface area contributed by atoms with Gasteiger partial charge in [0.1, 0.15) is 18.1 Å². The standard InChI is InChI=1S/C14H10O3/c1-2-7-16-13-5-3-12-9-14(17-10-15)6-4-11(12)8-13/h1,3-6,8-10H,7H2. The molecule has 0 aliphatic heterocycles. The zero-order chi connectivity index (χ0) is 12.1. The van der Waals surface area contributed by atoms with Crippen LogP contribution < -0.4 is 9.47 Å². The van der Waals surface area contributed by atoms with Crippen molar-refractivity contribution in [2.75, 3.05) is 6.61 Å². The molecule has 0 radical (unpaired) electrons. The predicted molar refractivity (Wildman–Crippen MR) is 65.0 cm³/mol. The molecule has 0 fully saturated rings. The largest absolute Gasteiger partial charge is 0.481 e. The summed E-state index contributed by atoms with van der Waals surface area (Å²) in [6, 6.07) is 11.0. The summed E-state index contributed by atoms with van der Waals surface area (Å²) in [5.41, 5.74) is 0. The zero-order valence-electron chi connectivity index (χ0n) is 9.05. The van der Waals surface area contributed by atoms with E-state index in [0.29, 0.717) is 12.2 Å². The third-order valence-electron chi connectivity index (χ3n) is 2.29. The number of rotatable bonds is 4. The number of terminal acetylenes is 1. The second-order valence-electron chi connectivity index (χ2n) is 3.38. The zero-order valence-corrected chi connectivity index (χ0v) is 9.05. The van der Waals surface area contributed by atoms with E-state index in [1.165, 1.54) is 0 Å². The first kappa shape index (κ1) is 11.0. The third kappa shape index (κ3) is 2.56. The second kappa shape index (κ2) is 5.04. The minimum absolute atomic E-state index is 0.248. The summed E-state index contributed by atoms with van der Waals surface area (Å²) < 4.78 is 10.1. The number of carbonyl (C=O) groups is 1. The Balaban J connectivity index is 2.33. The van der Waals surface area contributed by atoms with E-state index in [-0.39, 0.29) is 6.61 Å². The van der Waals surface area contributed by atoms with Gasteiger partial charge in [-0.25, -0.2) is 0 Å². The van der Waals surface area contributed by atoms with E-state index in [1.54, 1.807) is 12.1 Å². The molecule has 0 saturated carbocycles. The van der Waals surface area contributed by atoms with Crippen LogP contribution >= 0.6 is 0 Å². The van der Waals surface area contributed by atoms with Crippen molar-refractivity contribution in [3.05, 3.63) is 36.4 Å². The van der Waals surface area contributed by atoms with Gasteiger partial charge in [0.05, 0.1) is 0 Å². The quantitative estimate of drug-likeness (QED) is 0.593. The van der Waals surface area contributed by atoms with Crippen molar-refractivity contribution >= 4 is 17.2 Å². The summed E-state index contributed by atoms with van der Waals surface area (Å²) in [5.74, 6) is 3.65. The van der Waals surface area contributed by atoms with Crippen LogP contribution in [0.5, 0.6) is 11.5 Å². The molecule has 17 heavy (non-hydrogen) atoms. The SMILES string of the molecule is C#CCOc1ccc2cc(OC=O)ccc2c1. The average molecular weight is 226 g/mol. The minimum Gasteiger partial charge on any atom is -0.481 e. The van der Waals surface area contributed by atoms with Crippen LogP contribution in [0.2, 0.25) is 0 Å². The molecule has 84 valence electrons. The first-order chi connectivity index (χ1) is 8.33. The third-order valence-corrected chi connectivity index (χ3v) is 2.29. The highest BCUT2D eigenvalue weighted by atomic mass is 16.5. The number of hydrogen-bond donors (Lipinski definition) is 0. The molecule has 0 bridgehead atoms. The minimum atomic E-state index is 0.248. The number of hydrogen-bond acceptors (Lipinski definition) is 3. The number of fused-ring (bicyclic) bond motifs is 1. The summed E-state index contributed by atoms with van der Waals surface area (Å²) >= 11 is 0. The Morgan fingerprint density at radius 2 is 1.76 bits per heavy atom. The average Bonchev–Trinajstić information content (AvgIpc) is 2.36. The lowest BCUT2D eigenvalue weighted by Gasteiger charge is -2.05. The van der Waals surface area contributed by atoms with E-state index >= 15 is 0 Å². The Bertz CT molecular complexity index is 582. The van der Waals surface area contributed by atoms with E-state index in [9.17, 15) is 4.79 Å². The van der Waals surface area contributed by atoms with E-state index in [0.717, 1.165) is 16.5 Å². The second-order valence-corrected chi connectivity index (χ2v) is 3.38. The molecule has 3 nitrogen and oxygen atoms in total. The van der Waals surface area contributed by atoms with E-state index in [1.807, 2.05) is 24.3 Å². The van der Waals surface area contributed by atoms with Crippen molar-refractivity contribution in [2.24, 2.45) is 0 Å². The molecule has 0 spiro atoms. The maximum Gasteiger partial charge on any atom is 0.298 e. The highest BCUT2D eigenvalue weighted by molar-refractivity contribution is 5.85. The Labute approximate surface area is 99.0 Å². The van der Waals surface area contributed by atoms with Crippen LogP contribution in [0.1, 0.15) is 0 Å². The van der Waals surface area contributed by atoms with Crippen molar-refractivity contribution in [2.45, 2.75) is 0 Å². The molecule has 0 aliphatic rings. The van der Waals surface area contributed by atoms with Crippen molar-refractivity contribution in [3.63, 3.8) is 0 Å². The summed E-state index contributed by atoms with van der Waals surface area (Å²) in [4.78, 5) is 10.2. The van der Waals surface area contributed by atoms with Crippen LogP contribution in [-0.2, 0) is 4.79 Å². The van der Waals surface area contributed by atoms with Crippen LogP contribution in [-0.4, -0.2) is 13.1 Å². The maximum atomic E-state index is 10.2. The molecule has 0 atom stereocenters. The van der Waals surface area contributed by atoms with E-state index < -0.39 is 0 Å². The summed E-state index contributed by atoms with van der Waals surface area (Å²) in [7, 11) is 0. The summed E-state index contributed by atoms with van der Waals surface area (Å²) in [6.45, 7) is 0.656. The van der Waals surface area contributed by atoms with Gasteiger partial charge in [0.15, 0.2) is 0 Å². The molecule has 0 unspecified atom stereocenters. The first-order valence-corrected chi connectivity index (χ1v) is 5.04. The van der Waals surface area contributed by atoms with Gasteiger partial charge in [-0.05, 0) is 35.0 Å². The Morgan fingerprint density at radius 3 is 2.41 bits per heavy atom. The van der Waals surface area contributed by atoms with Gasteiger partial charge >= 0.3 is 0 Å². The van der Waals surface area contributed by atoms with Gasteiger partial charge in [0.2, 0.25) is 0 Å². The maximum absolute atomic E-state index is 10.2. The summed E-state index contributed by atoms with van der Waals surface area (Å²) in [5, 5.41) is 1.97. The highest BCUT2D eigenvalue weighted by Crippen LogP contribution is 2.24. The lowest BCUT2D eigenvalue weighted by Crippen LogP contribution is -1.93. The van der Waals surface area contributed by atoms with Crippen molar-refractivity contribution in [3.8, 4) is 23.8 Å². The molecule has 2 aromatic rings. The van der Waals surface area contributed by atoms with Crippen LogP contribution in [0, 0.1) is 12.3 Å². The van der Waals surface area contributed by atoms with Gasteiger partial charge < -0.3 is 9.47 Å². The molecule has 0 N–H and O–H groups in total. The molecule has 0 heterocycles. The highest BCUT2D eigenvalue weighted by Gasteiger charge is 1.99. The topological polar surface area (TPSA) is 35.5 Å². The number of benzene rings is 2. The molecule has 2 rings (SSSR count). The fourth-order valence-corrected chi connectivity index (χ4v) is 1.55. The molecule has 0 aliphatic carbocycles. The van der Waals surface area contributed by atoms with Gasteiger partial charge in [-0.15, -0.1) is 6.42 Å². The molecular formula is C14H10O3. The van der Waals surface area contributed by atoms with E-state index in [2.05, 4.69) is 5.92 Å². The van der Waals surface area contributed by atoms with Crippen molar-refractivity contribution in [1.82, 2.24) is 0 Å². The van der Waals surface area contributed by atoms with Gasteiger partial charge in [0.25, 0.3) is 6.47 Å². The molecule has 0 saturated heterocycles. The Hall–Kier alpha value is -2.47. The van der Waals surface area contributed by atoms with Crippen LogP contribution in [0.4, 0.5) is 0 Å². The van der Waals surface area contributed by atoms with Crippen molar-refractivity contribution < 1.29 is 14.3 Å². The lowest BCUT2D eigenvalue weighted by atomic mass is 10.1. The fraction of sp³-hybridized carbons (Fsp3) is 0.0714. The van der Waals surface area contributed by atoms with Gasteiger partial charge in [-0.2, -0.15) is 0 Å². The predicted octanol–water partition coefficient (Wildman–Crippen LogP) is 2.39. The van der Waals surface area contributed by atoms with E-state index in [4.69, 9.17) is 15.9 Å². The first-order valence-electron chi connectivity index (χ1n) is 5.04. The van der Waals surface area contributed by atoms with Crippen LogP contribution in [0.25, 0.3) is 10.8 Å². The molecule has 0 aromatic heterocycles. The number of carbonyl (C=O) groups excluding carboxylic acids is 1. The number of ether oxygens (including phenoxy) is 2. The molecule has 2 aromatic carbocycles. The Kier molecular flexibility index (Phi) is 3.27.